The Kier molecular flexibility index (Phi) is 6.16. The van der Waals surface area contributed by atoms with Crippen molar-refractivity contribution in [3.05, 3.63) is 34.1 Å². The van der Waals surface area contributed by atoms with Gasteiger partial charge in [0, 0.05) is 0 Å². The number of methoxy groups -OCH3 is 1. The third kappa shape index (κ3) is 4.53. The van der Waals surface area contributed by atoms with Gasteiger partial charge in [-0.15, -0.1) is 0 Å². The van der Waals surface area contributed by atoms with Gasteiger partial charge in [-0.1, -0.05) is 31.7 Å². The number of halogens is 2. The maximum atomic E-state index is 13.3. The maximum absolute atomic E-state index is 13.3. The van der Waals surface area contributed by atoms with Crippen molar-refractivity contribution in [1.82, 2.24) is 5.32 Å². The molecule has 1 aliphatic rings. The zero-order valence-electron chi connectivity index (χ0n) is 13.2. The minimum absolute atomic E-state index is 0.0949. The molecule has 23 heavy (non-hydrogen) atoms. The van der Waals surface area contributed by atoms with Crippen molar-refractivity contribution >= 4 is 27.8 Å². The van der Waals surface area contributed by atoms with E-state index in [2.05, 4.69) is 21.2 Å². The highest BCUT2D eigenvalue weighted by atomic mass is 79.9. The summed E-state index contributed by atoms with van der Waals surface area (Å²) in [6, 6.07) is 4.46. The van der Waals surface area contributed by atoms with E-state index in [-0.39, 0.29) is 24.1 Å². The number of hydrogen-bond donors (Lipinski definition) is 1. The largest absolute Gasteiger partial charge is 0.467 e. The van der Waals surface area contributed by atoms with Crippen LogP contribution >= 0.6 is 15.9 Å². The maximum Gasteiger partial charge on any atom is 0.331 e. The summed E-state index contributed by atoms with van der Waals surface area (Å²) in [5.41, 5.74) is -0.246. The number of carbonyl (C=O) groups is 2. The summed E-state index contributed by atoms with van der Waals surface area (Å²) in [5, 5.41) is 2.88. The SMILES string of the molecule is COC(=O)C1(NC(=O)Cc2ccc(F)c(Br)c2)CCCCCC1. The second-order valence-electron chi connectivity index (χ2n) is 5.96. The van der Waals surface area contributed by atoms with Crippen LogP contribution in [-0.4, -0.2) is 24.5 Å². The van der Waals surface area contributed by atoms with Gasteiger partial charge in [0.25, 0.3) is 0 Å². The van der Waals surface area contributed by atoms with Crippen LogP contribution in [0.2, 0.25) is 0 Å². The molecule has 0 atom stereocenters. The van der Waals surface area contributed by atoms with Crippen LogP contribution in [0.3, 0.4) is 0 Å². The van der Waals surface area contributed by atoms with Crippen LogP contribution in [0.5, 0.6) is 0 Å². The van der Waals surface area contributed by atoms with Gasteiger partial charge in [0.2, 0.25) is 5.91 Å². The van der Waals surface area contributed by atoms with E-state index in [1.54, 1.807) is 12.1 Å². The Morgan fingerprint density at radius 3 is 2.48 bits per heavy atom. The monoisotopic (exact) mass is 385 g/mol. The molecule has 4 nitrogen and oxygen atoms in total. The summed E-state index contributed by atoms with van der Waals surface area (Å²) in [4.78, 5) is 24.6. The van der Waals surface area contributed by atoms with E-state index in [4.69, 9.17) is 4.74 Å². The first-order valence-corrected chi connectivity index (χ1v) is 8.59. The zero-order valence-corrected chi connectivity index (χ0v) is 14.7. The summed E-state index contributed by atoms with van der Waals surface area (Å²) in [5.74, 6) is -1.01. The van der Waals surface area contributed by atoms with E-state index in [1.807, 2.05) is 0 Å². The van der Waals surface area contributed by atoms with Gasteiger partial charge in [-0.2, -0.15) is 0 Å². The summed E-state index contributed by atoms with van der Waals surface area (Å²) in [6.45, 7) is 0. The Labute approximate surface area is 143 Å². The van der Waals surface area contributed by atoms with Crippen molar-refractivity contribution in [3.63, 3.8) is 0 Å². The number of ether oxygens (including phenoxy) is 1. The lowest BCUT2D eigenvalue weighted by molar-refractivity contribution is -0.151. The fourth-order valence-electron chi connectivity index (χ4n) is 3.05. The Morgan fingerprint density at radius 1 is 1.26 bits per heavy atom. The lowest BCUT2D eigenvalue weighted by atomic mass is 9.89. The van der Waals surface area contributed by atoms with E-state index in [9.17, 15) is 14.0 Å². The highest BCUT2D eigenvalue weighted by molar-refractivity contribution is 9.10. The van der Waals surface area contributed by atoms with Crippen LogP contribution in [-0.2, 0) is 20.7 Å². The molecule has 0 radical (unpaired) electrons. The average Bonchev–Trinajstić information content (AvgIpc) is 2.76. The third-order valence-corrected chi connectivity index (χ3v) is 4.87. The molecule has 0 unspecified atom stereocenters. The fourth-order valence-corrected chi connectivity index (χ4v) is 3.48. The van der Waals surface area contributed by atoms with E-state index in [0.717, 1.165) is 25.7 Å². The molecule has 0 spiro atoms. The lowest BCUT2D eigenvalue weighted by Crippen LogP contribution is -2.55. The zero-order chi connectivity index (χ0) is 16.9. The highest BCUT2D eigenvalue weighted by Crippen LogP contribution is 2.28. The second-order valence-corrected chi connectivity index (χ2v) is 6.82. The first-order chi connectivity index (χ1) is 11.0. The van der Waals surface area contributed by atoms with Crippen molar-refractivity contribution in [3.8, 4) is 0 Å². The Morgan fingerprint density at radius 2 is 1.91 bits per heavy atom. The molecule has 0 aliphatic heterocycles. The van der Waals surface area contributed by atoms with Crippen LogP contribution < -0.4 is 5.32 Å². The quantitative estimate of drug-likeness (QED) is 0.637. The van der Waals surface area contributed by atoms with Gasteiger partial charge in [-0.25, -0.2) is 9.18 Å². The number of rotatable bonds is 4. The van der Waals surface area contributed by atoms with Crippen molar-refractivity contribution in [2.24, 2.45) is 0 Å². The number of nitrogens with one attached hydrogen (secondary N) is 1. The standard InChI is InChI=1S/C17H21BrFNO3/c1-23-16(22)17(8-4-2-3-5-9-17)20-15(21)11-12-6-7-14(19)13(18)10-12/h6-7,10H,2-5,8-9,11H2,1H3,(H,20,21). The molecular formula is C17H21BrFNO3. The van der Waals surface area contributed by atoms with E-state index in [1.165, 1.54) is 13.2 Å². The van der Waals surface area contributed by atoms with Gasteiger partial charge in [0.15, 0.2) is 0 Å². The molecule has 1 saturated carbocycles. The molecule has 0 heterocycles. The van der Waals surface area contributed by atoms with Crippen molar-refractivity contribution in [2.75, 3.05) is 7.11 Å². The van der Waals surface area contributed by atoms with Crippen molar-refractivity contribution in [1.29, 1.82) is 0 Å². The predicted molar refractivity (Wildman–Crippen MR) is 88.4 cm³/mol. The first-order valence-electron chi connectivity index (χ1n) is 7.80. The van der Waals surface area contributed by atoms with Gasteiger partial charge < -0.3 is 10.1 Å². The van der Waals surface area contributed by atoms with Gasteiger partial charge in [-0.05, 0) is 46.5 Å². The van der Waals surface area contributed by atoms with E-state index >= 15 is 0 Å². The van der Waals surface area contributed by atoms with Gasteiger partial charge in [0.05, 0.1) is 18.0 Å². The average molecular weight is 386 g/mol. The number of carbonyl (C=O) groups excluding carboxylic acids is 2. The molecule has 1 aliphatic carbocycles. The van der Waals surface area contributed by atoms with E-state index in [0.29, 0.717) is 22.9 Å². The molecule has 0 aromatic heterocycles. The van der Waals surface area contributed by atoms with Crippen molar-refractivity contribution in [2.45, 2.75) is 50.5 Å². The lowest BCUT2D eigenvalue weighted by Gasteiger charge is -2.31. The molecular weight excluding hydrogens is 365 g/mol. The molecule has 1 amide bonds. The highest BCUT2D eigenvalue weighted by Gasteiger charge is 2.40. The molecule has 1 aromatic rings. The number of amides is 1. The molecule has 1 N–H and O–H groups in total. The minimum Gasteiger partial charge on any atom is -0.467 e. The summed E-state index contributed by atoms with van der Waals surface area (Å²) >= 11 is 3.11. The third-order valence-electron chi connectivity index (χ3n) is 4.26. The van der Waals surface area contributed by atoms with Gasteiger partial charge in [0.1, 0.15) is 11.4 Å². The van der Waals surface area contributed by atoms with Crippen LogP contribution in [0.4, 0.5) is 4.39 Å². The summed E-state index contributed by atoms with van der Waals surface area (Å²) in [7, 11) is 1.35. The number of esters is 1. The Balaban J connectivity index is 2.10. The second kappa shape index (κ2) is 7.90. The fraction of sp³-hybridized carbons (Fsp3) is 0.529. The number of hydrogen-bond acceptors (Lipinski definition) is 3. The summed E-state index contributed by atoms with van der Waals surface area (Å²) in [6.07, 6.45) is 5.17. The van der Waals surface area contributed by atoms with Gasteiger partial charge >= 0.3 is 5.97 Å². The van der Waals surface area contributed by atoms with Crippen LogP contribution in [0.25, 0.3) is 0 Å². The van der Waals surface area contributed by atoms with Crippen LogP contribution in [0.1, 0.15) is 44.1 Å². The Bertz CT molecular complexity index is 583. The number of benzene rings is 1. The smallest absolute Gasteiger partial charge is 0.331 e. The molecule has 0 saturated heterocycles. The molecule has 2 rings (SSSR count). The van der Waals surface area contributed by atoms with Crippen LogP contribution in [0.15, 0.2) is 22.7 Å². The summed E-state index contributed by atoms with van der Waals surface area (Å²) < 4.78 is 18.5. The molecule has 1 aromatic carbocycles. The predicted octanol–water partition coefficient (Wildman–Crippen LogP) is 3.51. The Hall–Kier alpha value is -1.43. The normalized spacial score (nSPS) is 17.2. The molecule has 126 valence electrons. The molecule has 6 heteroatoms. The topological polar surface area (TPSA) is 55.4 Å². The van der Waals surface area contributed by atoms with Crippen molar-refractivity contribution < 1.29 is 18.7 Å². The minimum atomic E-state index is -0.931. The van der Waals surface area contributed by atoms with Crippen LogP contribution in [0, 0.1) is 5.82 Å². The molecule has 1 fully saturated rings. The van der Waals surface area contributed by atoms with E-state index < -0.39 is 5.54 Å². The molecule has 0 bridgehead atoms. The van der Waals surface area contributed by atoms with Gasteiger partial charge in [-0.3, -0.25) is 4.79 Å². The first kappa shape index (κ1) is 17.9.